The number of hydrogen-bond acceptors (Lipinski definition) is 15. The van der Waals surface area contributed by atoms with Gasteiger partial charge in [-0.1, -0.05) is 97.1 Å². The molecule has 3 aromatic rings. The Morgan fingerprint density at radius 1 is 0.329 bits per heavy atom. The van der Waals surface area contributed by atoms with Crippen LogP contribution < -0.4 is 60.6 Å². The first-order valence-electron chi connectivity index (χ1n) is 28.0. The van der Waals surface area contributed by atoms with Crippen LogP contribution in [0.5, 0.6) is 0 Å². The van der Waals surface area contributed by atoms with Gasteiger partial charge in [-0.25, -0.2) is 0 Å². The molecule has 6 amide bonds. The molecule has 0 saturated heterocycles. The number of rotatable bonds is 43. The van der Waals surface area contributed by atoms with Crippen molar-refractivity contribution in [1.29, 1.82) is 0 Å². The van der Waals surface area contributed by atoms with Gasteiger partial charge in [0.1, 0.15) is 0 Å². The minimum atomic E-state index is -0.0954. The van der Waals surface area contributed by atoms with Crippen LogP contribution in [0.1, 0.15) is 78.8 Å². The molecule has 0 saturated carbocycles. The molecule has 0 unspecified atom stereocenters. The molecule has 0 spiro atoms. The van der Waals surface area contributed by atoms with Gasteiger partial charge in [0.25, 0.3) is 0 Å². The van der Waals surface area contributed by atoms with Gasteiger partial charge in [0, 0.05) is 189 Å². The average Bonchev–Trinajstić information content (AvgIpc) is 3.46. The number of carbonyl (C=O) groups excluding carboxylic acids is 6. The number of nitrogens with two attached hydrogens (primary N) is 5. The Balaban J connectivity index is 1.64. The van der Waals surface area contributed by atoms with Gasteiger partial charge in [0.2, 0.25) is 35.4 Å². The van der Waals surface area contributed by atoms with Crippen molar-refractivity contribution in [2.45, 2.75) is 58.5 Å². The van der Waals surface area contributed by atoms with Gasteiger partial charge in [-0.05, 0) is 40.3 Å². The quantitative estimate of drug-likeness (QED) is 0.0335. The van der Waals surface area contributed by atoms with Crippen LogP contribution in [0.15, 0.2) is 72.8 Å². The molecule has 436 valence electrons. The van der Waals surface area contributed by atoms with Crippen molar-refractivity contribution < 1.29 is 28.8 Å². The number of nitrogens with zero attached hydrogens (tertiary/aromatic N) is 4. The summed E-state index contributed by atoms with van der Waals surface area (Å²) in [6, 6.07) is 25.0. The Morgan fingerprint density at radius 2 is 0.544 bits per heavy atom. The first-order chi connectivity index (χ1) is 38.4. The summed E-state index contributed by atoms with van der Waals surface area (Å²) in [7, 11) is 0. The summed E-state index contributed by atoms with van der Waals surface area (Å²) < 4.78 is 0. The molecule has 0 radical (unpaired) electrons. The first-order valence-corrected chi connectivity index (χ1v) is 28.0. The van der Waals surface area contributed by atoms with E-state index in [2.05, 4.69) is 149 Å². The lowest BCUT2D eigenvalue weighted by Crippen LogP contribution is -2.40. The maximum atomic E-state index is 12.6. The van der Waals surface area contributed by atoms with Crippen LogP contribution >= 0.6 is 0 Å². The fourth-order valence-electron chi connectivity index (χ4n) is 8.21. The Bertz CT molecular complexity index is 2240. The zero-order valence-corrected chi connectivity index (χ0v) is 46.9. The zero-order valence-electron chi connectivity index (χ0n) is 46.9. The van der Waals surface area contributed by atoms with Crippen LogP contribution in [-0.4, -0.2) is 192 Å². The highest BCUT2D eigenvalue weighted by molar-refractivity contribution is 5.78. The predicted molar refractivity (Wildman–Crippen MR) is 317 cm³/mol. The normalized spacial score (nSPS) is 11.5. The van der Waals surface area contributed by atoms with E-state index >= 15 is 0 Å². The first kappa shape index (κ1) is 66.9. The molecule has 0 fully saturated rings. The number of carbonyl (C=O) groups is 6. The maximum Gasteiger partial charge on any atom is 0.221 e. The number of nitrogens with one attached hydrogen (secondary N) is 6. The van der Waals surface area contributed by atoms with Crippen LogP contribution in [0, 0.1) is 0 Å². The number of hydrogen-bond donors (Lipinski definition) is 11. The van der Waals surface area contributed by atoms with E-state index in [0.29, 0.717) is 176 Å². The van der Waals surface area contributed by atoms with Crippen LogP contribution in [0.2, 0.25) is 0 Å². The molecule has 0 bridgehead atoms. The number of amides is 6. The summed E-state index contributed by atoms with van der Waals surface area (Å²) in [5, 5.41) is 17.0. The van der Waals surface area contributed by atoms with Gasteiger partial charge in [-0.2, -0.15) is 0 Å². The summed E-state index contributed by atoms with van der Waals surface area (Å²) in [6.07, 6.45) is 10.1. The van der Waals surface area contributed by atoms with Crippen molar-refractivity contribution in [2.75, 3.05) is 137 Å². The standard InChI is InChI=1S/C58H93N15O6/c1-2-64-53(74)19-35-70(36-20-54(75)65-30-25-59)41-43-72(39-23-57(78)68-33-28-62)45-51-15-11-49(12-16-51)9-7-47-3-5-48(6-4-47)8-10-50-13-17-52(18-14-50)46-73(40-24-58(79)69-34-29-63)44-42-71(37-21-55(76)66-31-26-60)38-22-56(77)67-32-27-61/h3-18H,2,19-46,59-63H2,1H3,(H,64,74)(H,65,75)(H,66,76)(H,67,77)(H,68,78)(H,69,79)/b9-7+,10-8+. The van der Waals surface area contributed by atoms with E-state index in [0.717, 1.165) is 33.4 Å². The van der Waals surface area contributed by atoms with E-state index in [1.165, 1.54) is 0 Å². The fourth-order valence-corrected chi connectivity index (χ4v) is 8.21. The highest BCUT2D eigenvalue weighted by atomic mass is 16.2. The summed E-state index contributed by atoms with van der Waals surface area (Å²) >= 11 is 0. The summed E-state index contributed by atoms with van der Waals surface area (Å²) in [5.41, 5.74) is 34.3. The molecule has 0 heterocycles. The van der Waals surface area contributed by atoms with E-state index in [-0.39, 0.29) is 48.3 Å². The molecule has 0 aliphatic rings. The second-order valence-electron chi connectivity index (χ2n) is 19.2. The molecule has 21 heteroatoms. The Kier molecular flexibility index (Phi) is 35.2. The SMILES string of the molecule is CCNC(=O)CCN(CCC(=O)NCCN)CCN(CCC(=O)NCCN)Cc1ccc(/C=C/c2ccc(/C=C/c3ccc(CN(CCC(=O)NCCN)CCN(CCC(=O)NCCN)CCC(=O)NCCN)cc3)cc2)cc1. The summed E-state index contributed by atoms with van der Waals surface area (Å²) in [6.45, 7) is 13.0. The van der Waals surface area contributed by atoms with E-state index in [4.69, 9.17) is 28.7 Å². The van der Waals surface area contributed by atoms with E-state index < -0.39 is 0 Å². The molecule has 3 rings (SSSR count). The maximum absolute atomic E-state index is 12.6. The molecule has 21 nitrogen and oxygen atoms in total. The molecule has 79 heavy (non-hydrogen) atoms. The van der Waals surface area contributed by atoms with Crippen molar-refractivity contribution in [1.82, 2.24) is 51.5 Å². The van der Waals surface area contributed by atoms with E-state index in [1.807, 2.05) is 6.92 Å². The highest BCUT2D eigenvalue weighted by Crippen LogP contribution is 2.16. The summed E-state index contributed by atoms with van der Waals surface area (Å²) in [5.74, 6) is -0.440. The lowest BCUT2D eigenvalue weighted by atomic mass is 10.1. The number of benzene rings is 3. The lowest BCUT2D eigenvalue weighted by Gasteiger charge is -2.28. The van der Waals surface area contributed by atoms with Crippen LogP contribution in [0.25, 0.3) is 24.3 Å². The average molecular weight is 1100 g/mol. The van der Waals surface area contributed by atoms with Crippen molar-refractivity contribution in [3.63, 3.8) is 0 Å². The fraction of sp³-hybridized carbons (Fsp3) is 0.517. The van der Waals surface area contributed by atoms with Gasteiger partial charge in [-0.15, -0.1) is 0 Å². The molecule has 0 aliphatic heterocycles. The molecular weight excluding hydrogens is 1000 g/mol. The highest BCUT2D eigenvalue weighted by Gasteiger charge is 2.17. The van der Waals surface area contributed by atoms with Crippen LogP contribution in [0.3, 0.4) is 0 Å². The monoisotopic (exact) mass is 1100 g/mol. The molecule has 16 N–H and O–H groups in total. The third kappa shape index (κ3) is 31.7. The van der Waals surface area contributed by atoms with Crippen molar-refractivity contribution in [3.05, 3.63) is 106 Å². The minimum Gasteiger partial charge on any atom is -0.356 e. The molecular formula is C58H93N15O6. The van der Waals surface area contributed by atoms with Crippen molar-refractivity contribution in [2.24, 2.45) is 28.7 Å². The van der Waals surface area contributed by atoms with E-state index in [9.17, 15) is 28.8 Å². The largest absolute Gasteiger partial charge is 0.356 e. The molecule has 0 aromatic heterocycles. The van der Waals surface area contributed by atoms with Gasteiger partial charge >= 0.3 is 0 Å². The van der Waals surface area contributed by atoms with Crippen LogP contribution in [0.4, 0.5) is 0 Å². The Hall–Kier alpha value is -6.40. The van der Waals surface area contributed by atoms with Crippen molar-refractivity contribution >= 4 is 59.7 Å². The Morgan fingerprint density at radius 3 is 0.785 bits per heavy atom. The van der Waals surface area contributed by atoms with Crippen molar-refractivity contribution in [3.8, 4) is 0 Å². The molecule has 0 atom stereocenters. The van der Waals surface area contributed by atoms with Crippen LogP contribution in [-0.2, 0) is 41.9 Å². The third-order valence-corrected chi connectivity index (χ3v) is 12.7. The van der Waals surface area contributed by atoms with Gasteiger partial charge in [0.05, 0.1) is 0 Å². The second-order valence-corrected chi connectivity index (χ2v) is 19.2. The minimum absolute atomic E-state index is 0.0347. The third-order valence-electron chi connectivity index (χ3n) is 12.7. The van der Waals surface area contributed by atoms with Gasteiger partial charge in [0.15, 0.2) is 0 Å². The van der Waals surface area contributed by atoms with Gasteiger partial charge in [-0.3, -0.25) is 38.6 Å². The smallest absolute Gasteiger partial charge is 0.221 e. The zero-order chi connectivity index (χ0) is 57.3. The van der Waals surface area contributed by atoms with Gasteiger partial charge < -0.3 is 70.4 Å². The lowest BCUT2D eigenvalue weighted by molar-refractivity contribution is -0.123. The molecule has 3 aromatic carbocycles. The summed E-state index contributed by atoms with van der Waals surface area (Å²) in [4.78, 5) is 83.5. The molecule has 0 aliphatic carbocycles. The topological polar surface area (TPSA) is 318 Å². The Labute approximate surface area is 469 Å². The van der Waals surface area contributed by atoms with E-state index in [1.54, 1.807) is 0 Å². The predicted octanol–water partition coefficient (Wildman–Crippen LogP) is 0.0866. The second kappa shape index (κ2) is 41.6.